The molecule has 2 N–H and O–H groups in total. The number of benzene rings is 1. The van der Waals surface area contributed by atoms with Crippen LogP contribution >= 0.6 is 11.6 Å². The summed E-state index contributed by atoms with van der Waals surface area (Å²) in [6.07, 6.45) is 0. The van der Waals surface area contributed by atoms with Gasteiger partial charge in [0.05, 0.1) is 6.54 Å². The van der Waals surface area contributed by atoms with Crippen LogP contribution < -0.4 is 5.73 Å². The van der Waals surface area contributed by atoms with Crippen LogP contribution in [0.3, 0.4) is 0 Å². The van der Waals surface area contributed by atoms with E-state index in [1.165, 1.54) is 5.56 Å². The lowest BCUT2D eigenvalue weighted by molar-refractivity contribution is 0.342. The summed E-state index contributed by atoms with van der Waals surface area (Å²) in [5.74, 6) is 0. The largest absolute Gasteiger partial charge is 0.463 e. The summed E-state index contributed by atoms with van der Waals surface area (Å²) in [6.45, 7) is 3.42. The van der Waals surface area contributed by atoms with Crippen LogP contribution in [0.15, 0.2) is 29.3 Å². The van der Waals surface area contributed by atoms with E-state index in [4.69, 9.17) is 17.3 Å². The van der Waals surface area contributed by atoms with Gasteiger partial charge in [-0.25, -0.2) is 4.99 Å². The Morgan fingerprint density at radius 1 is 1.36 bits per heavy atom. The first-order chi connectivity index (χ1) is 6.68. The zero-order valence-electron chi connectivity index (χ0n) is 8.03. The number of hydrogen-bond acceptors (Lipinski definition) is 3. The molecule has 0 spiro atoms. The van der Waals surface area contributed by atoms with Gasteiger partial charge in [0.1, 0.15) is 6.61 Å². The van der Waals surface area contributed by atoms with Crippen molar-refractivity contribution < 1.29 is 4.74 Å². The number of hydrogen-bond donors (Lipinski definition) is 1. The molecule has 0 saturated heterocycles. The topological polar surface area (TPSA) is 47.6 Å². The smallest absolute Gasteiger partial charge is 0.282 e. The van der Waals surface area contributed by atoms with Crippen molar-refractivity contribution in [3.05, 3.63) is 34.9 Å². The fourth-order valence-corrected chi connectivity index (χ4v) is 1.01. The quantitative estimate of drug-likeness (QED) is 0.715. The molecule has 0 saturated carbocycles. The molecular formula is C10H13ClN2O. The van der Waals surface area contributed by atoms with Crippen LogP contribution in [0, 0.1) is 6.92 Å². The van der Waals surface area contributed by atoms with Gasteiger partial charge in [0, 0.05) is 5.02 Å². The van der Waals surface area contributed by atoms with Crippen molar-refractivity contribution in [2.75, 3.05) is 13.2 Å². The molecule has 2 rings (SSSR count). The molecule has 0 aromatic heterocycles. The van der Waals surface area contributed by atoms with Gasteiger partial charge in [-0.05, 0) is 19.1 Å². The molecule has 3 nitrogen and oxygen atoms in total. The van der Waals surface area contributed by atoms with E-state index in [-0.39, 0.29) is 0 Å². The van der Waals surface area contributed by atoms with Gasteiger partial charge in [0.2, 0.25) is 0 Å². The van der Waals surface area contributed by atoms with Crippen LogP contribution in [-0.4, -0.2) is 19.2 Å². The molecule has 1 aliphatic heterocycles. The lowest BCUT2D eigenvalue weighted by atomic mass is 10.2. The number of aryl methyl sites for hydroxylation is 1. The summed E-state index contributed by atoms with van der Waals surface area (Å²) in [4.78, 5) is 3.71. The maximum atomic E-state index is 5.61. The Morgan fingerprint density at radius 3 is 2.29 bits per heavy atom. The van der Waals surface area contributed by atoms with Gasteiger partial charge in [-0.15, -0.1) is 0 Å². The highest BCUT2D eigenvalue weighted by molar-refractivity contribution is 6.30. The monoisotopic (exact) mass is 212 g/mol. The van der Waals surface area contributed by atoms with Gasteiger partial charge >= 0.3 is 0 Å². The van der Waals surface area contributed by atoms with Crippen LogP contribution in [0.2, 0.25) is 5.02 Å². The van der Waals surface area contributed by atoms with Crippen LogP contribution in [0.4, 0.5) is 0 Å². The van der Waals surface area contributed by atoms with E-state index in [1.54, 1.807) is 0 Å². The molecule has 0 radical (unpaired) electrons. The van der Waals surface area contributed by atoms with Crippen molar-refractivity contribution in [2.45, 2.75) is 6.92 Å². The fourth-order valence-electron chi connectivity index (χ4n) is 0.885. The highest BCUT2D eigenvalue weighted by Gasteiger charge is 1.97. The summed E-state index contributed by atoms with van der Waals surface area (Å²) < 4.78 is 4.68. The highest BCUT2D eigenvalue weighted by atomic mass is 35.5. The zero-order valence-corrected chi connectivity index (χ0v) is 8.79. The molecule has 0 unspecified atom stereocenters. The minimum atomic E-state index is 0.329. The van der Waals surface area contributed by atoms with Crippen molar-refractivity contribution in [3.63, 3.8) is 0 Å². The second-order valence-electron chi connectivity index (χ2n) is 2.86. The van der Waals surface area contributed by atoms with E-state index < -0.39 is 0 Å². The molecule has 1 heterocycles. The first kappa shape index (κ1) is 10.9. The Balaban J connectivity index is 0.000000146. The Bertz CT molecular complexity index is 287. The normalized spacial score (nSPS) is 13.7. The third-order valence-electron chi connectivity index (χ3n) is 1.62. The van der Waals surface area contributed by atoms with Crippen molar-refractivity contribution in [1.29, 1.82) is 0 Å². The number of rotatable bonds is 0. The number of halogens is 1. The third-order valence-corrected chi connectivity index (χ3v) is 1.87. The molecule has 0 amide bonds. The number of aliphatic imine (C=N–C) groups is 1. The predicted octanol–water partition coefficient (Wildman–Crippen LogP) is 1.98. The van der Waals surface area contributed by atoms with E-state index in [9.17, 15) is 0 Å². The lowest BCUT2D eigenvalue weighted by Gasteiger charge is -1.88. The van der Waals surface area contributed by atoms with Crippen molar-refractivity contribution in [3.8, 4) is 0 Å². The van der Waals surface area contributed by atoms with E-state index >= 15 is 0 Å². The minimum absolute atomic E-state index is 0.329. The lowest BCUT2D eigenvalue weighted by Crippen LogP contribution is -2.10. The van der Waals surface area contributed by atoms with Gasteiger partial charge < -0.3 is 10.5 Å². The summed E-state index contributed by atoms with van der Waals surface area (Å²) in [6, 6.07) is 8.08. The average Bonchev–Trinajstić information content (AvgIpc) is 2.63. The first-order valence-electron chi connectivity index (χ1n) is 4.33. The van der Waals surface area contributed by atoms with Gasteiger partial charge in [0.15, 0.2) is 0 Å². The molecule has 1 aliphatic rings. The Hall–Kier alpha value is -1.22. The minimum Gasteiger partial charge on any atom is -0.463 e. The number of ether oxygens (including phenoxy) is 1. The standard InChI is InChI=1S/C7H7Cl.C3H6N2O/c1-6-2-4-7(8)5-3-6;4-3-5-1-2-6-3/h2-5H,1H3;1-2H2,(H2,4,5). The second kappa shape index (κ2) is 5.50. The van der Waals surface area contributed by atoms with Gasteiger partial charge in [-0.2, -0.15) is 0 Å². The molecule has 0 aliphatic carbocycles. The summed E-state index contributed by atoms with van der Waals surface area (Å²) in [7, 11) is 0. The molecule has 0 atom stereocenters. The maximum Gasteiger partial charge on any atom is 0.282 e. The van der Waals surface area contributed by atoms with Crippen molar-refractivity contribution in [2.24, 2.45) is 10.7 Å². The summed E-state index contributed by atoms with van der Waals surface area (Å²) in [5.41, 5.74) is 6.31. The maximum absolute atomic E-state index is 5.61. The molecule has 1 aromatic carbocycles. The molecule has 4 heteroatoms. The molecule has 0 bridgehead atoms. The Morgan fingerprint density at radius 2 is 2.00 bits per heavy atom. The van der Waals surface area contributed by atoms with Gasteiger partial charge in [-0.1, -0.05) is 29.3 Å². The number of amidine groups is 1. The fraction of sp³-hybridized carbons (Fsp3) is 0.300. The molecule has 14 heavy (non-hydrogen) atoms. The average molecular weight is 213 g/mol. The number of nitrogens with two attached hydrogens (primary N) is 1. The van der Waals surface area contributed by atoms with Crippen molar-refractivity contribution in [1.82, 2.24) is 0 Å². The van der Waals surface area contributed by atoms with E-state index in [0.29, 0.717) is 12.6 Å². The Labute approximate surface area is 88.5 Å². The predicted molar refractivity (Wildman–Crippen MR) is 58.6 cm³/mol. The second-order valence-corrected chi connectivity index (χ2v) is 3.30. The van der Waals surface area contributed by atoms with E-state index in [2.05, 4.69) is 9.73 Å². The molecule has 76 valence electrons. The Kier molecular flexibility index (Phi) is 4.26. The summed E-state index contributed by atoms with van der Waals surface area (Å²) >= 11 is 5.61. The van der Waals surface area contributed by atoms with E-state index in [1.807, 2.05) is 31.2 Å². The molecule has 0 fully saturated rings. The summed E-state index contributed by atoms with van der Waals surface area (Å²) in [5, 5.41) is 0.801. The first-order valence-corrected chi connectivity index (χ1v) is 4.71. The van der Waals surface area contributed by atoms with Crippen LogP contribution in [-0.2, 0) is 4.74 Å². The number of nitrogens with zero attached hydrogens (tertiary/aromatic N) is 1. The van der Waals surface area contributed by atoms with Gasteiger partial charge in [0.25, 0.3) is 6.02 Å². The zero-order chi connectivity index (χ0) is 10.4. The van der Waals surface area contributed by atoms with E-state index in [0.717, 1.165) is 11.6 Å². The third kappa shape index (κ3) is 4.14. The SMILES string of the molecule is Cc1ccc(Cl)cc1.NC1=NCCO1. The van der Waals surface area contributed by atoms with Crippen LogP contribution in [0.1, 0.15) is 5.56 Å². The highest BCUT2D eigenvalue weighted by Crippen LogP contribution is 2.07. The van der Waals surface area contributed by atoms with Gasteiger partial charge in [-0.3, -0.25) is 0 Å². The molecule has 1 aromatic rings. The molecular weight excluding hydrogens is 200 g/mol. The van der Waals surface area contributed by atoms with Crippen molar-refractivity contribution >= 4 is 17.6 Å². The van der Waals surface area contributed by atoms with Crippen LogP contribution in [0.25, 0.3) is 0 Å². The van der Waals surface area contributed by atoms with Crippen LogP contribution in [0.5, 0.6) is 0 Å².